The molecule has 270 valence electrons. The van der Waals surface area contributed by atoms with Gasteiger partial charge < -0.3 is 35.0 Å². The molecule has 0 spiro atoms. The number of aliphatic carboxylic acids is 1. The smallest absolute Gasteiger partial charge is 0.408 e. The van der Waals surface area contributed by atoms with Crippen LogP contribution in [-0.2, 0) is 23.9 Å². The van der Waals surface area contributed by atoms with Crippen molar-refractivity contribution in [1.29, 1.82) is 0 Å². The zero-order valence-corrected chi connectivity index (χ0v) is 29.3. The standard InChI is InChI=1S/C39H46N4O8/c1-38(2,3)51-37(49)40-28-16-8-6-4-5-7-13-24-19-39(24,36(47)48)41-33(44)32-27-22-42(20-23(27)21-43(32)34(28)45)35(46)31-25-14-9-11-17-29(25)50-30-18-12-10-15-26(30)31/h7,9-15,17-18,23-24,27-28,31-32H,4-6,8,16,19-22H2,1-3H3,(H,40,49)(H,41,44)(H,47,48)/b13-7-/t23-,24-,27-,28+,32-,39+/m0/s1. The minimum Gasteiger partial charge on any atom is -0.479 e. The average Bonchev–Trinajstić information content (AvgIpc) is 3.43. The second-order valence-corrected chi connectivity index (χ2v) is 15.6. The summed E-state index contributed by atoms with van der Waals surface area (Å²) in [5.74, 6) is -2.64. The minimum atomic E-state index is -1.46. The summed E-state index contributed by atoms with van der Waals surface area (Å²) in [5, 5.41) is 15.9. The average molecular weight is 699 g/mol. The van der Waals surface area contributed by atoms with Gasteiger partial charge in [0.15, 0.2) is 0 Å². The normalized spacial score (nSPS) is 29.7. The fraction of sp³-hybridized carbons (Fsp3) is 0.513. The number of fused-ring (bicyclic) bond motifs is 6. The molecule has 1 saturated carbocycles. The molecular formula is C39H46N4O8. The maximum Gasteiger partial charge on any atom is 0.408 e. The van der Waals surface area contributed by atoms with Crippen molar-refractivity contribution in [2.45, 2.75) is 88.4 Å². The number of allylic oxidation sites excluding steroid dienone is 1. The van der Waals surface area contributed by atoms with Crippen LogP contribution in [0.4, 0.5) is 4.79 Å². The van der Waals surface area contributed by atoms with Crippen LogP contribution in [0.25, 0.3) is 0 Å². The second-order valence-electron chi connectivity index (χ2n) is 15.6. The van der Waals surface area contributed by atoms with Gasteiger partial charge in [0.2, 0.25) is 17.7 Å². The lowest BCUT2D eigenvalue weighted by Gasteiger charge is -2.34. The molecule has 0 unspecified atom stereocenters. The SMILES string of the molecule is CC(C)(C)OC(=O)N[C@@H]1CCCCC/C=C\[C@H]2C[C@@]2(C(=O)O)NC(=O)[C@@H]2[C@H]3CN(C(=O)C4c5ccccc5Oc5ccccc54)C[C@H]3CN2C1=O. The van der Waals surface area contributed by atoms with Crippen LogP contribution in [0.5, 0.6) is 11.5 Å². The fourth-order valence-corrected chi connectivity index (χ4v) is 8.36. The Labute approximate surface area is 297 Å². The Morgan fingerprint density at radius 2 is 1.65 bits per heavy atom. The van der Waals surface area contributed by atoms with Gasteiger partial charge in [-0.3, -0.25) is 14.4 Å². The van der Waals surface area contributed by atoms with E-state index in [0.29, 0.717) is 30.9 Å². The highest BCUT2D eigenvalue weighted by atomic mass is 16.6. The number of nitrogens with one attached hydrogen (secondary N) is 2. The first-order valence-electron chi connectivity index (χ1n) is 18.0. The molecule has 2 aromatic carbocycles. The predicted octanol–water partition coefficient (Wildman–Crippen LogP) is 4.58. The lowest BCUT2D eigenvalue weighted by atomic mass is 9.87. The number of amides is 4. The largest absolute Gasteiger partial charge is 0.479 e. The second kappa shape index (κ2) is 13.4. The number of para-hydroxylation sites is 2. The van der Waals surface area contributed by atoms with Gasteiger partial charge in [-0.05, 0) is 58.6 Å². The number of hydrogen-bond acceptors (Lipinski definition) is 7. The van der Waals surface area contributed by atoms with Gasteiger partial charge in [-0.15, -0.1) is 0 Å². The molecule has 0 aromatic heterocycles. The molecule has 7 rings (SSSR count). The van der Waals surface area contributed by atoms with Crippen LogP contribution in [0, 0.1) is 17.8 Å². The lowest BCUT2D eigenvalue weighted by Crippen LogP contribution is -2.58. The molecule has 12 heteroatoms. The van der Waals surface area contributed by atoms with Crippen LogP contribution in [-0.4, -0.2) is 87.5 Å². The van der Waals surface area contributed by atoms with Crippen molar-refractivity contribution in [1.82, 2.24) is 20.4 Å². The summed E-state index contributed by atoms with van der Waals surface area (Å²) in [4.78, 5) is 72.1. The molecule has 0 radical (unpaired) electrons. The van der Waals surface area contributed by atoms with Gasteiger partial charge in [0, 0.05) is 48.5 Å². The van der Waals surface area contributed by atoms with E-state index in [1.54, 1.807) is 25.7 Å². The quantitative estimate of drug-likeness (QED) is 0.394. The summed E-state index contributed by atoms with van der Waals surface area (Å²) in [6.45, 7) is 5.94. The Bertz CT molecular complexity index is 1720. The van der Waals surface area contributed by atoms with Gasteiger partial charge in [0.05, 0.1) is 5.92 Å². The van der Waals surface area contributed by atoms with Gasteiger partial charge >= 0.3 is 12.1 Å². The van der Waals surface area contributed by atoms with Crippen LogP contribution >= 0.6 is 0 Å². The fourth-order valence-electron chi connectivity index (χ4n) is 8.36. The Balaban J connectivity index is 1.19. The first-order chi connectivity index (χ1) is 24.4. The molecule has 3 fully saturated rings. The van der Waals surface area contributed by atoms with Crippen LogP contribution in [0.3, 0.4) is 0 Å². The number of hydrogen-bond donors (Lipinski definition) is 3. The number of carbonyl (C=O) groups excluding carboxylic acids is 4. The van der Waals surface area contributed by atoms with Crippen molar-refractivity contribution in [2.75, 3.05) is 19.6 Å². The Hall–Kier alpha value is -4.87. The molecule has 3 N–H and O–H groups in total. The minimum absolute atomic E-state index is 0.123. The van der Waals surface area contributed by atoms with Crippen molar-refractivity contribution < 1.29 is 38.6 Å². The van der Waals surface area contributed by atoms with E-state index in [2.05, 4.69) is 10.6 Å². The Morgan fingerprint density at radius 1 is 0.961 bits per heavy atom. The molecule has 2 aromatic rings. The molecular weight excluding hydrogens is 652 g/mol. The summed E-state index contributed by atoms with van der Waals surface area (Å²) in [7, 11) is 0. The third-order valence-electron chi connectivity index (χ3n) is 10.9. The molecule has 1 aliphatic carbocycles. The summed E-state index contributed by atoms with van der Waals surface area (Å²) in [5.41, 5.74) is -0.721. The van der Waals surface area contributed by atoms with Crippen LogP contribution in [0.2, 0.25) is 0 Å². The maximum atomic E-state index is 14.5. The highest BCUT2D eigenvalue weighted by Gasteiger charge is 2.63. The number of alkyl carbamates (subject to hydrolysis) is 1. The third-order valence-corrected chi connectivity index (χ3v) is 10.9. The molecule has 4 heterocycles. The Morgan fingerprint density at radius 3 is 2.31 bits per heavy atom. The number of nitrogens with zero attached hydrogens (tertiary/aromatic N) is 2. The van der Waals surface area contributed by atoms with Crippen molar-refractivity contribution in [3.63, 3.8) is 0 Å². The first kappa shape index (κ1) is 34.6. The third kappa shape index (κ3) is 6.68. The zero-order chi connectivity index (χ0) is 36.1. The van der Waals surface area contributed by atoms with Crippen molar-refractivity contribution in [2.24, 2.45) is 17.8 Å². The van der Waals surface area contributed by atoms with Crippen molar-refractivity contribution >= 4 is 29.8 Å². The summed E-state index contributed by atoms with van der Waals surface area (Å²) >= 11 is 0. The van der Waals surface area contributed by atoms with E-state index in [4.69, 9.17) is 9.47 Å². The molecule has 6 atom stereocenters. The van der Waals surface area contributed by atoms with E-state index in [1.165, 1.54) is 4.90 Å². The molecule has 4 aliphatic heterocycles. The summed E-state index contributed by atoms with van der Waals surface area (Å²) in [6, 6.07) is 13.0. The molecule has 5 aliphatic rings. The molecule has 2 saturated heterocycles. The van der Waals surface area contributed by atoms with E-state index in [9.17, 15) is 29.1 Å². The van der Waals surface area contributed by atoms with Gasteiger partial charge in [-0.25, -0.2) is 9.59 Å². The number of carbonyl (C=O) groups is 5. The number of carboxylic acids is 1. The molecule has 0 bridgehead atoms. The zero-order valence-electron chi connectivity index (χ0n) is 29.3. The lowest BCUT2D eigenvalue weighted by molar-refractivity contribution is -0.146. The van der Waals surface area contributed by atoms with Crippen molar-refractivity contribution in [3.8, 4) is 11.5 Å². The van der Waals surface area contributed by atoms with Gasteiger partial charge in [-0.1, -0.05) is 61.4 Å². The number of carboxylic acid groups (broad SMARTS) is 1. The summed E-state index contributed by atoms with van der Waals surface area (Å²) in [6.07, 6.45) is 6.78. The topological polar surface area (TPSA) is 155 Å². The van der Waals surface area contributed by atoms with E-state index in [-0.39, 0.29) is 37.3 Å². The first-order valence-corrected chi connectivity index (χ1v) is 18.0. The maximum absolute atomic E-state index is 14.5. The van der Waals surface area contributed by atoms with Crippen LogP contribution in [0.1, 0.15) is 76.3 Å². The van der Waals surface area contributed by atoms with E-state index in [1.807, 2.05) is 60.7 Å². The van der Waals surface area contributed by atoms with Crippen LogP contribution < -0.4 is 15.4 Å². The number of ether oxygens (including phenoxy) is 2. The van der Waals surface area contributed by atoms with E-state index >= 15 is 0 Å². The van der Waals surface area contributed by atoms with Crippen molar-refractivity contribution in [3.05, 3.63) is 71.8 Å². The monoisotopic (exact) mass is 698 g/mol. The van der Waals surface area contributed by atoms with E-state index < -0.39 is 58.9 Å². The molecule has 51 heavy (non-hydrogen) atoms. The van der Waals surface area contributed by atoms with E-state index in [0.717, 1.165) is 30.4 Å². The number of rotatable bonds is 3. The molecule has 12 nitrogen and oxygen atoms in total. The van der Waals surface area contributed by atoms with Gasteiger partial charge in [-0.2, -0.15) is 0 Å². The van der Waals surface area contributed by atoms with Crippen LogP contribution in [0.15, 0.2) is 60.7 Å². The predicted molar refractivity (Wildman–Crippen MR) is 186 cm³/mol. The van der Waals surface area contributed by atoms with Gasteiger partial charge in [0.1, 0.15) is 34.7 Å². The highest BCUT2D eigenvalue weighted by molar-refractivity contribution is 5.97. The highest BCUT2D eigenvalue weighted by Crippen LogP contribution is 2.48. The van der Waals surface area contributed by atoms with Gasteiger partial charge in [0.25, 0.3) is 0 Å². The number of likely N-dealkylation sites (tertiary alicyclic amines) is 1. The number of benzene rings is 2. The summed E-state index contributed by atoms with van der Waals surface area (Å²) < 4.78 is 11.6. The Kier molecular flexibility index (Phi) is 9.05. The molecule has 4 amide bonds.